The summed E-state index contributed by atoms with van der Waals surface area (Å²) in [7, 11) is 0. The zero-order valence-electron chi connectivity index (χ0n) is 19.3. The van der Waals surface area contributed by atoms with Gasteiger partial charge < -0.3 is 10.6 Å². The molecule has 0 spiro atoms. The molecule has 0 aliphatic carbocycles. The van der Waals surface area contributed by atoms with Gasteiger partial charge in [0.15, 0.2) is 5.16 Å². The second kappa shape index (κ2) is 10.7. The highest BCUT2D eigenvalue weighted by molar-refractivity contribution is 7.99. The average Bonchev–Trinajstić information content (AvgIpc) is 3.26. The van der Waals surface area contributed by atoms with E-state index in [1.807, 2.05) is 13.8 Å². The molecular weight excluding hydrogens is 471 g/mol. The monoisotopic (exact) mass is 496 g/mol. The number of aromatic nitrogens is 4. The molecule has 0 saturated carbocycles. The first kappa shape index (κ1) is 24.4. The molecule has 0 aliphatic rings. The molecule has 2 aromatic heterocycles. The lowest BCUT2D eigenvalue weighted by Crippen LogP contribution is -2.33. The number of fused-ring (bicyclic) bond motifs is 3. The predicted octanol–water partition coefficient (Wildman–Crippen LogP) is 3.22. The van der Waals surface area contributed by atoms with Crippen LogP contribution in [0.4, 0.5) is 10.1 Å². The molecule has 0 bridgehead atoms. The Morgan fingerprint density at radius 1 is 1.11 bits per heavy atom. The SMILES string of the molecule is CC[C@@H](C)NC(=O)CCn1c(=O)c2ccccc2n2c(SCC(=O)Nc3cccc(F)c3)nnc12. The predicted molar refractivity (Wildman–Crippen MR) is 133 cm³/mol. The molecule has 9 nitrogen and oxygen atoms in total. The Hall–Kier alpha value is -3.73. The standard InChI is InChI=1S/C24H25FN6O3S/c1-3-15(2)26-20(32)11-12-30-22(34)18-9-4-5-10-19(18)31-23(30)28-29-24(31)35-14-21(33)27-17-8-6-7-16(25)13-17/h4-10,13,15H,3,11-12,14H2,1-2H3,(H,26,32)(H,27,33)/t15-/m1/s1. The Bertz CT molecular complexity index is 1450. The molecule has 4 aromatic rings. The first-order valence-corrected chi connectivity index (χ1v) is 12.2. The van der Waals surface area contributed by atoms with Crippen LogP contribution in [0.25, 0.3) is 16.7 Å². The Morgan fingerprint density at radius 3 is 2.69 bits per heavy atom. The number of nitrogens with zero attached hydrogens (tertiary/aromatic N) is 4. The summed E-state index contributed by atoms with van der Waals surface area (Å²) >= 11 is 1.14. The van der Waals surface area contributed by atoms with E-state index >= 15 is 0 Å². The van der Waals surface area contributed by atoms with Crippen molar-refractivity contribution in [3.05, 3.63) is 64.7 Å². The molecule has 0 aliphatic heterocycles. The first-order valence-electron chi connectivity index (χ1n) is 11.2. The van der Waals surface area contributed by atoms with Gasteiger partial charge in [-0.15, -0.1) is 10.2 Å². The summed E-state index contributed by atoms with van der Waals surface area (Å²) < 4.78 is 16.5. The summed E-state index contributed by atoms with van der Waals surface area (Å²) in [4.78, 5) is 37.9. The highest BCUT2D eigenvalue weighted by Gasteiger charge is 2.18. The molecule has 2 aromatic carbocycles. The Kier molecular flexibility index (Phi) is 7.45. The molecule has 0 fully saturated rings. The average molecular weight is 497 g/mol. The van der Waals surface area contributed by atoms with Crippen LogP contribution < -0.4 is 16.2 Å². The maximum Gasteiger partial charge on any atom is 0.262 e. The van der Waals surface area contributed by atoms with Crippen molar-refractivity contribution in [2.45, 2.75) is 44.4 Å². The Morgan fingerprint density at radius 2 is 1.91 bits per heavy atom. The van der Waals surface area contributed by atoms with Gasteiger partial charge in [-0.2, -0.15) is 0 Å². The number of nitrogens with one attached hydrogen (secondary N) is 2. The van der Waals surface area contributed by atoms with Gasteiger partial charge in [0.2, 0.25) is 17.6 Å². The molecule has 182 valence electrons. The third-order valence-electron chi connectivity index (χ3n) is 5.50. The lowest BCUT2D eigenvalue weighted by molar-refractivity contribution is -0.122. The zero-order valence-corrected chi connectivity index (χ0v) is 20.1. The molecule has 2 heterocycles. The number of para-hydroxylation sites is 1. The largest absolute Gasteiger partial charge is 0.354 e. The van der Waals surface area contributed by atoms with Gasteiger partial charge in [-0.3, -0.25) is 23.4 Å². The molecule has 0 radical (unpaired) electrons. The van der Waals surface area contributed by atoms with E-state index < -0.39 is 5.82 Å². The van der Waals surface area contributed by atoms with E-state index in [1.54, 1.807) is 34.7 Å². The fourth-order valence-electron chi connectivity index (χ4n) is 3.58. The van der Waals surface area contributed by atoms with E-state index in [4.69, 9.17) is 0 Å². The first-order chi connectivity index (χ1) is 16.9. The van der Waals surface area contributed by atoms with Crippen LogP contribution in [0.3, 0.4) is 0 Å². The minimum atomic E-state index is -0.443. The van der Waals surface area contributed by atoms with E-state index in [0.29, 0.717) is 21.7 Å². The van der Waals surface area contributed by atoms with Gasteiger partial charge in [0.1, 0.15) is 5.82 Å². The minimum Gasteiger partial charge on any atom is -0.354 e. The fourth-order valence-corrected chi connectivity index (χ4v) is 4.32. The topological polar surface area (TPSA) is 110 Å². The summed E-state index contributed by atoms with van der Waals surface area (Å²) in [6, 6.07) is 12.7. The summed E-state index contributed by atoms with van der Waals surface area (Å²) in [5.41, 5.74) is 0.694. The van der Waals surface area contributed by atoms with Gasteiger partial charge >= 0.3 is 0 Å². The maximum absolute atomic E-state index is 13.4. The number of thioether (sulfide) groups is 1. The number of benzene rings is 2. The molecule has 2 N–H and O–H groups in total. The molecule has 35 heavy (non-hydrogen) atoms. The van der Waals surface area contributed by atoms with Crippen LogP contribution in [-0.2, 0) is 16.1 Å². The van der Waals surface area contributed by atoms with Gasteiger partial charge in [0, 0.05) is 24.7 Å². The number of aryl methyl sites for hydroxylation is 1. The number of halogens is 1. The molecule has 4 rings (SSSR count). The van der Waals surface area contributed by atoms with Gasteiger partial charge in [0.05, 0.1) is 16.7 Å². The molecule has 11 heteroatoms. The van der Waals surface area contributed by atoms with Gasteiger partial charge in [0.25, 0.3) is 5.56 Å². The van der Waals surface area contributed by atoms with Crippen molar-refractivity contribution in [2.24, 2.45) is 0 Å². The van der Waals surface area contributed by atoms with Crippen LogP contribution >= 0.6 is 11.8 Å². The summed E-state index contributed by atoms with van der Waals surface area (Å²) in [5.74, 6) is -0.640. The smallest absolute Gasteiger partial charge is 0.262 e. The van der Waals surface area contributed by atoms with Crippen molar-refractivity contribution in [2.75, 3.05) is 11.1 Å². The summed E-state index contributed by atoms with van der Waals surface area (Å²) in [6.07, 6.45) is 0.924. The molecule has 2 amide bonds. The van der Waals surface area contributed by atoms with E-state index in [9.17, 15) is 18.8 Å². The lowest BCUT2D eigenvalue weighted by Gasteiger charge is -2.13. The number of rotatable bonds is 9. The Labute approximate surface area is 204 Å². The molecule has 0 saturated heterocycles. The third-order valence-corrected chi connectivity index (χ3v) is 6.43. The van der Waals surface area contributed by atoms with Crippen molar-refractivity contribution in [3.8, 4) is 0 Å². The molecular formula is C24H25FN6O3S. The number of amides is 2. The highest BCUT2D eigenvalue weighted by Crippen LogP contribution is 2.22. The summed E-state index contributed by atoms with van der Waals surface area (Å²) in [5, 5.41) is 14.8. The minimum absolute atomic E-state index is 0.00206. The zero-order chi connectivity index (χ0) is 24.9. The lowest BCUT2D eigenvalue weighted by atomic mass is 10.2. The van der Waals surface area contributed by atoms with Crippen molar-refractivity contribution in [1.29, 1.82) is 0 Å². The van der Waals surface area contributed by atoms with Crippen LogP contribution in [0.2, 0.25) is 0 Å². The van der Waals surface area contributed by atoms with Crippen LogP contribution in [0.1, 0.15) is 26.7 Å². The molecule has 1 atom stereocenters. The maximum atomic E-state index is 13.4. The highest BCUT2D eigenvalue weighted by atomic mass is 32.2. The number of anilines is 1. The van der Waals surface area contributed by atoms with Gasteiger partial charge in [-0.05, 0) is 43.7 Å². The number of carbonyl (C=O) groups is 2. The van der Waals surface area contributed by atoms with Crippen LogP contribution in [-0.4, -0.2) is 42.8 Å². The van der Waals surface area contributed by atoms with E-state index in [1.165, 1.54) is 22.8 Å². The second-order valence-electron chi connectivity index (χ2n) is 8.07. The van der Waals surface area contributed by atoms with Crippen LogP contribution in [0.5, 0.6) is 0 Å². The van der Waals surface area contributed by atoms with Gasteiger partial charge in [-0.1, -0.05) is 36.9 Å². The molecule has 0 unspecified atom stereocenters. The van der Waals surface area contributed by atoms with Crippen molar-refractivity contribution >= 4 is 45.9 Å². The number of carbonyl (C=O) groups excluding carboxylic acids is 2. The fraction of sp³-hybridized carbons (Fsp3) is 0.292. The van der Waals surface area contributed by atoms with Crippen LogP contribution in [0, 0.1) is 5.82 Å². The number of hydrogen-bond donors (Lipinski definition) is 2. The normalized spacial score (nSPS) is 12.1. The third kappa shape index (κ3) is 5.51. The van der Waals surface area contributed by atoms with Gasteiger partial charge in [-0.25, -0.2) is 4.39 Å². The van der Waals surface area contributed by atoms with E-state index in [2.05, 4.69) is 20.8 Å². The van der Waals surface area contributed by atoms with E-state index in [-0.39, 0.29) is 47.9 Å². The number of hydrogen-bond acceptors (Lipinski definition) is 6. The second-order valence-corrected chi connectivity index (χ2v) is 9.01. The summed E-state index contributed by atoms with van der Waals surface area (Å²) in [6.45, 7) is 4.04. The Balaban J connectivity index is 1.60. The van der Waals surface area contributed by atoms with Crippen molar-refractivity contribution in [3.63, 3.8) is 0 Å². The van der Waals surface area contributed by atoms with Crippen molar-refractivity contribution < 1.29 is 14.0 Å². The van der Waals surface area contributed by atoms with Crippen LogP contribution in [0.15, 0.2) is 58.5 Å². The van der Waals surface area contributed by atoms with E-state index in [0.717, 1.165) is 18.2 Å². The van der Waals surface area contributed by atoms with Crippen molar-refractivity contribution in [1.82, 2.24) is 24.5 Å². The quantitative estimate of drug-likeness (QED) is 0.344.